The summed E-state index contributed by atoms with van der Waals surface area (Å²) < 4.78 is 1.99. The van der Waals surface area contributed by atoms with Crippen molar-refractivity contribution in [1.29, 1.82) is 0 Å². The van der Waals surface area contributed by atoms with Gasteiger partial charge in [-0.2, -0.15) is 0 Å². The summed E-state index contributed by atoms with van der Waals surface area (Å²) in [5.41, 5.74) is 4.25. The summed E-state index contributed by atoms with van der Waals surface area (Å²) in [6, 6.07) is 18.1. The Labute approximate surface area is 234 Å². The zero-order valence-corrected chi connectivity index (χ0v) is 23.5. The maximum absolute atomic E-state index is 12.8. The number of thiophene rings is 1. The van der Waals surface area contributed by atoms with Crippen LogP contribution in [0.3, 0.4) is 0 Å². The summed E-state index contributed by atoms with van der Waals surface area (Å²) in [6.07, 6.45) is 6.32. The molecule has 0 spiro atoms. The lowest BCUT2D eigenvalue weighted by molar-refractivity contribution is -0.119. The van der Waals surface area contributed by atoms with Crippen LogP contribution in [0.2, 0.25) is 5.02 Å². The fourth-order valence-electron chi connectivity index (χ4n) is 5.09. The number of nitrogens with one attached hydrogen (secondary N) is 1. The highest BCUT2D eigenvalue weighted by Gasteiger charge is 2.25. The number of thioether (sulfide) groups is 1. The Bertz CT molecular complexity index is 1610. The highest BCUT2D eigenvalue weighted by Crippen LogP contribution is 2.40. The molecule has 0 saturated carbocycles. The number of hydrogen-bond donors (Lipinski definition) is 1. The third-order valence-electron chi connectivity index (χ3n) is 6.99. The van der Waals surface area contributed by atoms with Crippen molar-refractivity contribution in [3.8, 4) is 11.4 Å². The molecule has 3 heterocycles. The molecule has 5 aromatic rings. The number of nitrogens with zero attached hydrogens (tertiary/aromatic N) is 4. The highest BCUT2D eigenvalue weighted by atomic mass is 35.5. The lowest BCUT2D eigenvalue weighted by Gasteiger charge is -2.14. The Kier molecular flexibility index (Phi) is 7.37. The minimum absolute atomic E-state index is 0.0199. The Morgan fingerprint density at radius 2 is 1.89 bits per heavy atom. The van der Waals surface area contributed by atoms with Gasteiger partial charge in [-0.15, -0.1) is 21.5 Å². The van der Waals surface area contributed by atoms with E-state index in [0.717, 1.165) is 47.1 Å². The topological polar surface area (TPSA) is 72.2 Å². The molecule has 6 nitrogen and oxygen atoms in total. The van der Waals surface area contributed by atoms with Crippen molar-refractivity contribution in [2.24, 2.45) is 0 Å². The first-order valence-corrected chi connectivity index (χ1v) is 15.2. The molecule has 2 aromatic carbocycles. The van der Waals surface area contributed by atoms with Gasteiger partial charge < -0.3 is 5.32 Å². The standard InChI is InChI=1S/C29H28ClN5OS2/c1-18(15-16-19-9-3-2-4-10-19)31-24(36)17-37-29-34-33-27-25-21-12-6-8-14-23(21)38-28(25)32-26(35(27)29)20-11-5-7-13-22(20)30/h2-5,7,9-11,13,18H,6,8,12,14-17H2,1H3,(H,31,36)/t18-/m1/s1. The number of carbonyl (C=O) groups excluding carboxylic acids is 1. The summed E-state index contributed by atoms with van der Waals surface area (Å²) in [7, 11) is 0. The van der Waals surface area contributed by atoms with Gasteiger partial charge in [0.05, 0.1) is 16.2 Å². The lowest BCUT2D eigenvalue weighted by Crippen LogP contribution is -2.34. The molecular weight excluding hydrogens is 534 g/mol. The van der Waals surface area contributed by atoms with E-state index in [9.17, 15) is 4.79 Å². The van der Waals surface area contributed by atoms with E-state index < -0.39 is 0 Å². The number of halogens is 1. The van der Waals surface area contributed by atoms with Crippen LogP contribution in [0.1, 0.15) is 42.2 Å². The zero-order valence-electron chi connectivity index (χ0n) is 21.1. The van der Waals surface area contributed by atoms with E-state index in [0.29, 0.717) is 16.0 Å². The van der Waals surface area contributed by atoms with Gasteiger partial charge in [-0.3, -0.25) is 9.20 Å². The summed E-state index contributed by atoms with van der Waals surface area (Å²) in [4.78, 5) is 20.3. The molecule has 0 fully saturated rings. The molecule has 0 bridgehead atoms. The zero-order chi connectivity index (χ0) is 26.1. The van der Waals surface area contributed by atoms with Crippen LogP contribution < -0.4 is 5.32 Å². The van der Waals surface area contributed by atoms with Crippen LogP contribution in [-0.2, 0) is 24.1 Å². The molecule has 1 amide bonds. The second kappa shape index (κ2) is 11.0. The average Bonchev–Trinajstić information content (AvgIpc) is 3.52. The van der Waals surface area contributed by atoms with E-state index in [1.54, 1.807) is 11.3 Å². The minimum atomic E-state index is -0.0199. The fourth-order valence-corrected chi connectivity index (χ4v) is 7.31. The van der Waals surface area contributed by atoms with Gasteiger partial charge in [0.2, 0.25) is 5.91 Å². The van der Waals surface area contributed by atoms with Crippen molar-refractivity contribution in [3.63, 3.8) is 0 Å². The molecule has 9 heteroatoms. The number of amides is 1. The Morgan fingerprint density at radius 3 is 2.74 bits per heavy atom. The number of fused-ring (bicyclic) bond motifs is 5. The van der Waals surface area contributed by atoms with E-state index in [-0.39, 0.29) is 17.7 Å². The maximum Gasteiger partial charge on any atom is 0.230 e. The number of carbonyl (C=O) groups is 1. The molecule has 38 heavy (non-hydrogen) atoms. The van der Waals surface area contributed by atoms with E-state index >= 15 is 0 Å². The van der Waals surface area contributed by atoms with Crippen LogP contribution in [0.15, 0.2) is 59.8 Å². The number of rotatable bonds is 8. The summed E-state index contributed by atoms with van der Waals surface area (Å²) in [5.74, 6) is 0.937. The van der Waals surface area contributed by atoms with Crippen LogP contribution in [0.5, 0.6) is 0 Å². The van der Waals surface area contributed by atoms with Crippen molar-refractivity contribution in [3.05, 3.63) is 75.6 Å². The smallest absolute Gasteiger partial charge is 0.230 e. The van der Waals surface area contributed by atoms with Crippen LogP contribution in [-0.4, -0.2) is 37.3 Å². The molecule has 0 unspecified atom stereocenters. The fraction of sp³-hybridized carbons (Fsp3) is 0.310. The molecule has 194 valence electrons. The van der Waals surface area contributed by atoms with Crippen LogP contribution in [0, 0.1) is 0 Å². The van der Waals surface area contributed by atoms with Gasteiger partial charge in [0, 0.05) is 16.5 Å². The second-order valence-electron chi connectivity index (χ2n) is 9.73. The van der Waals surface area contributed by atoms with Crippen LogP contribution >= 0.6 is 34.7 Å². The molecule has 3 aromatic heterocycles. The van der Waals surface area contributed by atoms with E-state index in [1.807, 2.05) is 53.8 Å². The number of hydrogen-bond acceptors (Lipinski definition) is 6. The number of benzene rings is 2. The predicted octanol–water partition coefficient (Wildman–Crippen LogP) is 6.77. The van der Waals surface area contributed by atoms with Crippen molar-refractivity contribution in [2.75, 3.05) is 5.75 Å². The molecule has 1 N–H and O–H groups in total. The van der Waals surface area contributed by atoms with Gasteiger partial charge >= 0.3 is 0 Å². The van der Waals surface area contributed by atoms with E-state index in [4.69, 9.17) is 16.6 Å². The molecule has 6 rings (SSSR count). The normalized spacial score (nSPS) is 14.1. The van der Waals surface area contributed by atoms with Gasteiger partial charge in [-0.25, -0.2) is 4.98 Å². The van der Waals surface area contributed by atoms with Crippen molar-refractivity contribution in [1.82, 2.24) is 24.9 Å². The monoisotopic (exact) mass is 561 g/mol. The third-order valence-corrected chi connectivity index (χ3v) is 9.44. The molecule has 1 aliphatic carbocycles. The van der Waals surface area contributed by atoms with Crippen molar-refractivity contribution in [2.45, 2.75) is 56.6 Å². The van der Waals surface area contributed by atoms with Crippen molar-refractivity contribution >= 4 is 56.5 Å². The lowest BCUT2D eigenvalue weighted by atomic mass is 9.97. The summed E-state index contributed by atoms with van der Waals surface area (Å²) in [6.45, 7) is 2.05. The Balaban J connectivity index is 1.28. The Morgan fingerprint density at radius 1 is 1.11 bits per heavy atom. The van der Waals surface area contributed by atoms with E-state index in [1.165, 1.54) is 40.6 Å². The van der Waals surface area contributed by atoms with Crippen LogP contribution in [0.25, 0.3) is 27.3 Å². The van der Waals surface area contributed by atoms with Gasteiger partial charge in [0.25, 0.3) is 0 Å². The summed E-state index contributed by atoms with van der Waals surface area (Å²) in [5, 5.41) is 14.7. The third kappa shape index (κ3) is 5.05. The second-order valence-corrected chi connectivity index (χ2v) is 12.2. The predicted molar refractivity (Wildman–Crippen MR) is 156 cm³/mol. The molecule has 0 radical (unpaired) electrons. The molecule has 1 aliphatic rings. The quantitative estimate of drug-likeness (QED) is 0.212. The molecular formula is C29H28ClN5OS2. The molecule has 0 aliphatic heterocycles. The molecule has 1 atom stereocenters. The van der Waals surface area contributed by atoms with Gasteiger partial charge in [-0.05, 0) is 68.7 Å². The number of aryl methyl sites for hydroxylation is 3. The highest BCUT2D eigenvalue weighted by molar-refractivity contribution is 7.99. The minimum Gasteiger partial charge on any atom is -0.353 e. The van der Waals surface area contributed by atoms with Crippen LogP contribution in [0.4, 0.5) is 0 Å². The van der Waals surface area contributed by atoms with Gasteiger partial charge in [-0.1, -0.05) is 65.8 Å². The number of aromatic nitrogens is 4. The SMILES string of the molecule is C[C@H](CCc1ccccc1)NC(=O)CSc1nnc2c3c4c(sc3nc(-c3ccccc3Cl)n12)CCCC4. The van der Waals surface area contributed by atoms with Crippen molar-refractivity contribution < 1.29 is 4.79 Å². The average molecular weight is 562 g/mol. The summed E-state index contributed by atoms with van der Waals surface area (Å²) >= 11 is 9.77. The van der Waals surface area contributed by atoms with Gasteiger partial charge in [0.1, 0.15) is 4.83 Å². The first kappa shape index (κ1) is 25.3. The Hall–Kier alpha value is -2.94. The first-order chi connectivity index (χ1) is 18.6. The molecule has 0 saturated heterocycles. The van der Waals surface area contributed by atoms with E-state index in [2.05, 4.69) is 27.6 Å². The van der Waals surface area contributed by atoms with Gasteiger partial charge in [0.15, 0.2) is 16.6 Å². The largest absolute Gasteiger partial charge is 0.353 e. The maximum atomic E-state index is 12.8. The first-order valence-electron chi connectivity index (χ1n) is 13.0.